The van der Waals surface area contributed by atoms with Gasteiger partial charge in [0.1, 0.15) is 13.2 Å². The molecule has 0 spiro atoms. The molecule has 0 aliphatic carbocycles. The Bertz CT molecular complexity index is 845. The van der Waals surface area contributed by atoms with E-state index in [0.29, 0.717) is 30.3 Å². The van der Waals surface area contributed by atoms with Crippen molar-refractivity contribution in [3.8, 4) is 11.5 Å². The first-order chi connectivity index (χ1) is 13.1. The number of ether oxygens (including phenoxy) is 2. The molecule has 0 saturated carbocycles. The lowest BCUT2D eigenvalue weighted by Crippen LogP contribution is -2.44. The largest absolute Gasteiger partial charge is 0.486 e. The minimum Gasteiger partial charge on any atom is -0.486 e. The van der Waals surface area contributed by atoms with E-state index in [9.17, 15) is 4.79 Å². The zero-order valence-electron chi connectivity index (χ0n) is 15.8. The summed E-state index contributed by atoms with van der Waals surface area (Å²) in [4.78, 5) is 17.4. The Morgan fingerprint density at radius 1 is 0.963 bits per heavy atom. The number of hydrogen-bond donors (Lipinski definition) is 1. The molecule has 2 aliphatic heterocycles. The lowest BCUT2D eigenvalue weighted by atomic mass is 10.1. The minimum atomic E-state index is -0.151. The van der Waals surface area contributed by atoms with Gasteiger partial charge in [-0.2, -0.15) is 0 Å². The van der Waals surface area contributed by atoms with Crippen molar-refractivity contribution in [1.29, 1.82) is 0 Å². The third-order valence-corrected chi connectivity index (χ3v) is 5.13. The number of fused-ring (bicyclic) bond motifs is 1. The fourth-order valence-electron chi connectivity index (χ4n) is 3.43. The van der Waals surface area contributed by atoms with Gasteiger partial charge in [0.05, 0.1) is 0 Å². The maximum absolute atomic E-state index is 12.7. The predicted octanol–water partition coefficient (Wildman–Crippen LogP) is 2.77. The van der Waals surface area contributed by atoms with Crippen LogP contribution in [0.15, 0.2) is 36.4 Å². The van der Waals surface area contributed by atoms with Gasteiger partial charge in [-0.05, 0) is 55.9 Å². The van der Waals surface area contributed by atoms with Gasteiger partial charge >= 0.3 is 0 Å². The monoisotopic (exact) mass is 367 g/mol. The van der Waals surface area contributed by atoms with Crippen molar-refractivity contribution in [1.82, 2.24) is 4.90 Å². The second-order valence-corrected chi connectivity index (χ2v) is 7.10. The smallest absolute Gasteiger partial charge is 0.255 e. The van der Waals surface area contributed by atoms with Crippen molar-refractivity contribution in [2.45, 2.75) is 6.92 Å². The first-order valence-corrected chi connectivity index (χ1v) is 9.35. The lowest BCUT2D eigenvalue weighted by Gasteiger charge is -2.34. The molecule has 27 heavy (non-hydrogen) atoms. The molecule has 142 valence electrons. The van der Waals surface area contributed by atoms with Gasteiger partial charge in [-0.3, -0.25) is 4.79 Å². The summed E-state index contributed by atoms with van der Waals surface area (Å²) in [5.74, 6) is 1.16. The van der Waals surface area contributed by atoms with Crippen LogP contribution in [0.2, 0.25) is 0 Å². The van der Waals surface area contributed by atoms with Gasteiger partial charge < -0.3 is 24.6 Å². The van der Waals surface area contributed by atoms with E-state index in [0.717, 1.165) is 37.4 Å². The summed E-state index contributed by atoms with van der Waals surface area (Å²) in [6, 6.07) is 11.5. The van der Waals surface area contributed by atoms with E-state index in [1.54, 1.807) is 18.2 Å². The average Bonchev–Trinajstić information content (AvgIpc) is 2.69. The molecule has 4 rings (SSSR count). The number of likely N-dealkylation sites (N-methyl/N-ethyl adjacent to an activating group) is 1. The molecule has 0 bridgehead atoms. The molecule has 2 aromatic carbocycles. The molecule has 6 heteroatoms. The third-order valence-electron chi connectivity index (χ3n) is 5.13. The predicted molar refractivity (Wildman–Crippen MR) is 106 cm³/mol. The second kappa shape index (κ2) is 7.48. The first-order valence-electron chi connectivity index (χ1n) is 9.35. The Balaban J connectivity index is 1.47. The number of carbonyl (C=O) groups is 1. The molecule has 1 fully saturated rings. The number of amides is 1. The van der Waals surface area contributed by atoms with E-state index in [4.69, 9.17) is 9.47 Å². The van der Waals surface area contributed by atoms with Gasteiger partial charge in [0.2, 0.25) is 0 Å². The zero-order valence-corrected chi connectivity index (χ0v) is 15.8. The Labute approximate surface area is 159 Å². The summed E-state index contributed by atoms with van der Waals surface area (Å²) in [5, 5.41) is 3.01. The van der Waals surface area contributed by atoms with Crippen molar-refractivity contribution in [2.24, 2.45) is 0 Å². The molecule has 1 N–H and O–H groups in total. The van der Waals surface area contributed by atoms with Crippen LogP contribution in [0.1, 0.15) is 15.9 Å². The lowest BCUT2D eigenvalue weighted by molar-refractivity contribution is 0.102. The summed E-state index contributed by atoms with van der Waals surface area (Å²) in [7, 11) is 2.15. The van der Waals surface area contributed by atoms with Crippen LogP contribution in [0.4, 0.5) is 11.4 Å². The van der Waals surface area contributed by atoms with Crippen molar-refractivity contribution >= 4 is 17.3 Å². The number of hydrogen-bond acceptors (Lipinski definition) is 5. The topological polar surface area (TPSA) is 54.0 Å². The van der Waals surface area contributed by atoms with Crippen molar-refractivity contribution < 1.29 is 14.3 Å². The second-order valence-electron chi connectivity index (χ2n) is 7.10. The standard InChI is InChI=1S/C21H25N3O3/c1-15-13-17(24-9-7-23(2)8-10-24)4-5-18(15)22-21(25)16-3-6-19-20(14-16)27-12-11-26-19/h3-6,13-14H,7-12H2,1-2H3,(H,22,25). The van der Waals surface area contributed by atoms with Crippen LogP contribution in [-0.4, -0.2) is 57.2 Å². The summed E-state index contributed by atoms with van der Waals surface area (Å²) in [5.41, 5.74) is 3.64. The van der Waals surface area contributed by atoms with Crippen LogP contribution in [0, 0.1) is 6.92 Å². The molecule has 6 nitrogen and oxygen atoms in total. The van der Waals surface area contributed by atoms with E-state index in [2.05, 4.69) is 34.3 Å². The van der Waals surface area contributed by atoms with Gasteiger partial charge in [-0.15, -0.1) is 0 Å². The summed E-state index contributed by atoms with van der Waals surface area (Å²) < 4.78 is 11.1. The SMILES string of the molecule is Cc1cc(N2CCN(C)CC2)ccc1NC(=O)c1ccc2c(c1)OCCO2. The van der Waals surface area contributed by atoms with Gasteiger partial charge in [0.15, 0.2) is 11.5 Å². The molecule has 2 heterocycles. The Hall–Kier alpha value is -2.73. The van der Waals surface area contributed by atoms with Crippen LogP contribution < -0.4 is 19.7 Å². The Kier molecular flexibility index (Phi) is 4.90. The van der Waals surface area contributed by atoms with Crippen LogP contribution in [0.3, 0.4) is 0 Å². The maximum atomic E-state index is 12.7. The highest BCUT2D eigenvalue weighted by Gasteiger charge is 2.17. The van der Waals surface area contributed by atoms with E-state index < -0.39 is 0 Å². The highest BCUT2D eigenvalue weighted by molar-refractivity contribution is 6.05. The van der Waals surface area contributed by atoms with E-state index >= 15 is 0 Å². The molecule has 2 aliphatic rings. The average molecular weight is 367 g/mol. The minimum absolute atomic E-state index is 0.151. The number of benzene rings is 2. The molecule has 1 saturated heterocycles. The maximum Gasteiger partial charge on any atom is 0.255 e. The summed E-state index contributed by atoms with van der Waals surface area (Å²) in [6.07, 6.45) is 0. The highest BCUT2D eigenvalue weighted by atomic mass is 16.6. The van der Waals surface area contributed by atoms with E-state index in [-0.39, 0.29) is 5.91 Å². The molecule has 1 amide bonds. The summed E-state index contributed by atoms with van der Waals surface area (Å²) >= 11 is 0. The molecule has 0 aromatic heterocycles. The fraction of sp³-hybridized carbons (Fsp3) is 0.381. The van der Waals surface area contributed by atoms with Crippen LogP contribution in [0.5, 0.6) is 11.5 Å². The van der Waals surface area contributed by atoms with Crippen LogP contribution in [-0.2, 0) is 0 Å². The van der Waals surface area contributed by atoms with E-state index in [1.165, 1.54) is 5.69 Å². The number of carbonyl (C=O) groups excluding carboxylic acids is 1. The molecular formula is C21H25N3O3. The van der Waals surface area contributed by atoms with E-state index in [1.807, 2.05) is 13.0 Å². The zero-order chi connectivity index (χ0) is 18.8. The summed E-state index contributed by atoms with van der Waals surface area (Å²) in [6.45, 7) is 7.27. The molecule has 0 atom stereocenters. The number of anilines is 2. The Morgan fingerprint density at radius 2 is 1.70 bits per heavy atom. The highest BCUT2D eigenvalue weighted by Crippen LogP contribution is 2.31. The fourth-order valence-corrected chi connectivity index (χ4v) is 3.43. The Morgan fingerprint density at radius 3 is 2.44 bits per heavy atom. The quantitative estimate of drug-likeness (QED) is 0.904. The number of nitrogens with zero attached hydrogens (tertiary/aromatic N) is 2. The van der Waals surface area contributed by atoms with Crippen LogP contribution >= 0.6 is 0 Å². The number of piperazine rings is 1. The van der Waals surface area contributed by atoms with Gasteiger partial charge in [0.25, 0.3) is 5.91 Å². The van der Waals surface area contributed by atoms with Crippen molar-refractivity contribution in [2.75, 3.05) is 56.7 Å². The van der Waals surface area contributed by atoms with Crippen molar-refractivity contribution in [3.63, 3.8) is 0 Å². The molecule has 0 radical (unpaired) electrons. The molecule has 0 unspecified atom stereocenters. The number of rotatable bonds is 3. The number of aryl methyl sites for hydroxylation is 1. The van der Waals surface area contributed by atoms with Crippen molar-refractivity contribution in [3.05, 3.63) is 47.5 Å². The molecule has 2 aromatic rings. The van der Waals surface area contributed by atoms with Gasteiger partial charge in [-0.1, -0.05) is 0 Å². The normalized spacial score (nSPS) is 16.9. The first kappa shape index (κ1) is 17.7. The van der Waals surface area contributed by atoms with Gasteiger partial charge in [-0.25, -0.2) is 0 Å². The van der Waals surface area contributed by atoms with Gasteiger partial charge in [0, 0.05) is 43.1 Å². The number of nitrogens with one attached hydrogen (secondary N) is 1. The molecular weight excluding hydrogens is 342 g/mol. The van der Waals surface area contributed by atoms with Crippen LogP contribution in [0.25, 0.3) is 0 Å². The third kappa shape index (κ3) is 3.85.